The zero-order chi connectivity index (χ0) is 11.6. The first kappa shape index (κ1) is 12.4. The monoisotopic (exact) mass is 224 g/mol. The molecule has 1 N–H and O–H groups in total. The van der Waals surface area contributed by atoms with E-state index in [9.17, 15) is 0 Å². The van der Waals surface area contributed by atoms with E-state index in [0.717, 1.165) is 6.04 Å². The fraction of sp³-hybridized carbons (Fsp3) is 1.00. The summed E-state index contributed by atoms with van der Waals surface area (Å²) in [5.74, 6) is 0. The van der Waals surface area contributed by atoms with Crippen LogP contribution in [-0.4, -0.2) is 35.6 Å². The zero-order valence-corrected chi connectivity index (χ0v) is 11.3. The molecular weight excluding hydrogens is 196 g/mol. The highest BCUT2D eigenvalue weighted by molar-refractivity contribution is 4.92. The Kier molecular flexibility index (Phi) is 3.91. The van der Waals surface area contributed by atoms with Gasteiger partial charge < -0.3 is 5.32 Å². The lowest BCUT2D eigenvalue weighted by Gasteiger charge is -2.44. The Bertz CT molecular complexity index is 219. The molecule has 2 heteroatoms. The average Bonchev–Trinajstić information content (AvgIpc) is 2.39. The van der Waals surface area contributed by atoms with E-state index in [1.165, 1.54) is 51.6 Å². The second kappa shape index (κ2) is 5.05. The Hall–Kier alpha value is -0.0800. The van der Waals surface area contributed by atoms with Crippen LogP contribution in [0.3, 0.4) is 0 Å². The van der Waals surface area contributed by atoms with Crippen molar-refractivity contribution in [3.8, 4) is 0 Å². The number of nitrogens with one attached hydrogen (secondary N) is 1. The molecule has 0 amide bonds. The fourth-order valence-corrected chi connectivity index (χ4v) is 3.41. The lowest BCUT2D eigenvalue weighted by Crippen LogP contribution is -2.52. The van der Waals surface area contributed by atoms with Crippen molar-refractivity contribution in [2.45, 2.75) is 76.9 Å². The zero-order valence-electron chi connectivity index (χ0n) is 11.3. The molecule has 0 aromatic rings. The first-order chi connectivity index (χ1) is 7.59. The third kappa shape index (κ3) is 2.78. The third-order valence-corrected chi connectivity index (χ3v) is 4.49. The highest BCUT2D eigenvalue weighted by Crippen LogP contribution is 2.31. The highest BCUT2D eigenvalue weighted by Gasteiger charge is 2.35. The van der Waals surface area contributed by atoms with Gasteiger partial charge >= 0.3 is 0 Å². The summed E-state index contributed by atoms with van der Waals surface area (Å²) in [6.45, 7) is 9.61. The van der Waals surface area contributed by atoms with Gasteiger partial charge in [0.1, 0.15) is 0 Å². The molecule has 1 atom stereocenters. The maximum Gasteiger partial charge on any atom is 0.0168 e. The minimum atomic E-state index is 0.389. The summed E-state index contributed by atoms with van der Waals surface area (Å²) in [5, 5.41) is 3.63. The molecule has 16 heavy (non-hydrogen) atoms. The van der Waals surface area contributed by atoms with Gasteiger partial charge in [0, 0.05) is 24.2 Å². The summed E-state index contributed by atoms with van der Waals surface area (Å²) in [7, 11) is 0. The number of rotatable bonds is 1. The van der Waals surface area contributed by atoms with Gasteiger partial charge in [0.05, 0.1) is 0 Å². The van der Waals surface area contributed by atoms with E-state index in [4.69, 9.17) is 0 Å². The van der Waals surface area contributed by atoms with Crippen molar-refractivity contribution >= 4 is 0 Å². The van der Waals surface area contributed by atoms with Gasteiger partial charge in [0.15, 0.2) is 0 Å². The molecule has 1 aliphatic heterocycles. The summed E-state index contributed by atoms with van der Waals surface area (Å²) in [4.78, 5) is 2.80. The predicted octanol–water partition coefficient (Wildman–Crippen LogP) is 2.78. The molecule has 2 nitrogen and oxygen atoms in total. The molecule has 2 aliphatic rings. The van der Waals surface area contributed by atoms with E-state index in [-0.39, 0.29) is 0 Å². The van der Waals surface area contributed by atoms with Gasteiger partial charge in [-0.15, -0.1) is 0 Å². The second-order valence-corrected chi connectivity index (χ2v) is 6.36. The van der Waals surface area contributed by atoms with Crippen LogP contribution in [0.1, 0.15) is 59.3 Å². The van der Waals surface area contributed by atoms with Gasteiger partial charge in [0.25, 0.3) is 0 Å². The molecule has 1 aliphatic carbocycles. The number of nitrogens with zero attached hydrogens (tertiary/aromatic N) is 1. The Morgan fingerprint density at radius 1 is 1.12 bits per heavy atom. The highest BCUT2D eigenvalue weighted by atomic mass is 15.2. The van der Waals surface area contributed by atoms with Crippen molar-refractivity contribution in [3.63, 3.8) is 0 Å². The van der Waals surface area contributed by atoms with Crippen LogP contribution in [-0.2, 0) is 0 Å². The fourth-order valence-electron chi connectivity index (χ4n) is 3.41. The van der Waals surface area contributed by atoms with E-state index >= 15 is 0 Å². The first-order valence-electron chi connectivity index (χ1n) is 7.10. The van der Waals surface area contributed by atoms with Crippen molar-refractivity contribution in [2.75, 3.05) is 13.1 Å². The molecule has 1 saturated carbocycles. The second-order valence-electron chi connectivity index (χ2n) is 6.36. The third-order valence-electron chi connectivity index (χ3n) is 4.49. The van der Waals surface area contributed by atoms with Crippen LogP contribution in [0, 0.1) is 0 Å². The van der Waals surface area contributed by atoms with Crippen molar-refractivity contribution in [2.24, 2.45) is 0 Å². The Morgan fingerprint density at radius 2 is 1.81 bits per heavy atom. The van der Waals surface area contributed by atoms with Crippen LogP contribution in [0.25, 0.3) is 0 Å². The molecule has 2 fully saturated rings. The topological polar surface area (TPSA) is 15.3 Å². The number of hydrogen-bond donors (Lipinski definition) is 1. The van der Waals surface area contributed by atoms with E-state index in [0.29, 0.717) is 11.6 Å². The Labute approximate surface area is 101 Å². The maximum atomic E-state index is 3.63. The summed E-state index contributed by atoms with van der Waals surface area (Å²) in [6, 6.07) is 1.51. The SMILES string of the molecule is CC1CN(C2CCCCC2)C(C)(C)CCN1. The maximum absolute atomic E-state index is 3.63. The smallest absolute Gasteiger partial charge is 0.0168 e. The standard InChI is InChI=1S/C14H28N2/c1-12-11-16(13-7-5-4-6-8-13)14(2,3)9-10-15-12/h12-13,15H,4-11H2,1-3H3. The summed E-state index contributed by atoms with van der Waals surface area (Å²) >= 11 is 0. The van der Waals surface area contributed by atoms with Gasteiger partial charge in [-0.05, 0) is 46.6 Å². The van der Waals surface area contributed by atoms with Crippen LogP contribution < -0.4 is 5.32 Å². The van der Waals surface area contributed by atoms with Gasteiger partial charge in [-0.3, -0.25) is 4.90 Å². The van der Waals surface area contributed by atoms with Gasteiger partial charge in [-0.2, -0.15) is 0 Å². The lowest BCUT2D eigenvalue weighted by molar-refractivity contribution is 0.0496. The van der Waals surface area contributed by atoms with Crippen molar-refractivity contribution < 1.29 is 0 Å². The lowest BCUT2D eigenvalue weighted by atomic mass is 9.88. The molecule has 0 spiro atoms. The quantitative estimate of drug-likeness (QED) is 0.737. The van der Waals surface area contributed by atoms with E-state index in [2.05, 4.69) is 31.0 Å². The molecule has 2 rings (SSSR count). The van der Waals surface area contributed by atoms with Crippen LogP contribution >= 0.6 is 0 Å². The van der Waals surface area contributed by atoms with Gasteiger partial charge in [-0.1, -0.05) is 19.3 Å². The first-order valence-corrected chi connectivity index (χ1v) is 7.10. The van der Waals surface area contributed by atoms with Crippen molar-refractivity contribution in [1.82, 2.24) is 10.2 Å². The van der Waals surface area contributed by atoms with Gasteiger partial charge in [0.2, 0.25) is 0 Å². The van der Waals surface area contributed by atoms with Gasteiger partial charge in [-0.25, -0.2) is 0 Å². The minimum absolute atomic E-state index is 0.389. The Balaban J connectivity index is 2.07. The molecule has 0 aromatic heterocycles. The van der Waals surface area contributed by atoms with E-state index in [1.807, 2.05) is 0 Å². The van der Waals surface area contributed by atoms with Crippen molar-refractivity contribution in [1.29, 1.82) is 0 Å². The van der Waals surface area contributed by atoms with Crippen LogP contribution in [0.5, 0.6) is 0 Å². The number of hydrogen-bond acceptors (Lipinski definition) is 2. The molecule has 0 aromatic carbocycles. The van der Waals surface area contributed by atoms with Crippen LogP contribution in [0.2, 0.25) is 0 Å². The molecule has 1 heterocycles. The minimum Gasteiger partial charge on any atom is -0.313 e. The Morgan fingerprint density at radius 3 is 2.50 bits per heavy atom. The van der Waals surface area contributed by atoms with E-state index in [1.54, 1.807) is 0 Å². The summed E-state index contributed by atoms with van der Waals surface area (Å²) < 4.78 is 0. The van der Waals surface area contributed by atoms with Crippen LogP contribution in [0.4, 0.5) is 0 Å². The normalized spacial score (nSPS) is 33.6. The largest absolute Gasteiger partial charge is 0.313 e. The van der Waals surface area contributed by atoms with E-state index < -0.39 is 0 Å². The summed E-state index contributed by atoms with van der Waals surface area (Å²) in [6.07, 6.45) is 8.48. The molecule has 0 bridgehead atoms. The van der Waals surface area contributed by atoms with Crippen LogP contribution in [0.15, 0.2) is 0 Å². The van der Waals surface area contributed by atoms with Crippen molar-refractivity contribution in [3.05, 3.63) is 0 Å². The predicted molar refractivity (Wildman–Crippen MR) is 69.7 cm³/mol. The molecule has 1 saturated heterocycles. The molecular formula is C14H28N2. The average molecular weight is 224 g/mol. The molecule has 0 radical (unpaired) electrons. The summed E-state index contributed by atoms with van der Waals surface area (Å²) in [5.41, 5.74) is 0.389. The molecule has 1 unspecified atom stereocenters. The molecule has 94 valence electrons.